The molecule has 2 atom stereocenters. The Morgan fingerprint density at radius 2 is 1.75 bits per heavy atom. The molecule has 0 aliphatic carbocycles. The van der Waals surface area contributed by atoms with Crippen LogP contribution in [0.4, 0.5) is 11.6 Å². The van der Waals surface area contributed by atoms with Gasteiger partial charge in [0.1, 0.15) is 18.0 Å². The van der Waals surface area contributed by atoms with Crippen LogP contribution < -0.4 is 9.80 Å². The van der Waals surface area contributed by atoms with Gasteiger partial charge in [-0.3, -0.25) is 4.98 Å². The Kier molecular flexibility index (Phi) is 2.92. The normalized spacial score (nSPS) is 22.5. The first-order valence-corrected chi connectivity index (χ1v) is 8.32. The van der Waals surface area contributed by atoms with E-state index in [1.54, 1.807) is 6.33 Å². The van der Waals surface area contributed by atoms with Crippen LogP contribution in [0.2, 0.25) is 0 Å². The highest BCUT2D eigenvalue weighted by molar-refractivity contribution is 5.75. The van der Waals surface area contributed by atoms with E-state index in [9.17, 15) is 0 Å². The van der Waals surface area contributed by atoms with Crippen molar-refractivity contribution < 1.29 is 0 Å². The van der Waals surface area contributed by atoms with E-state index in [-0.39, 0.29) is 0 Å². The first kappa shape index (κ1) is 13.7. The average molecular weight is 318 g/mol. The zero-order valence-corrected chi connectivity index (χ0v) is 13.5. The van der Waals surface area contributed by atoms with Crippen LogP contribution in [0.3, 0.4) is 0 Å². The molecule has 2 unspecified atom stereocenters. The third-order valence-electron chi connectivity index (χ3n) is 5.01. The lowest BCUT2D eigenvalue weighted by Gasteiger charge is -2.57. The summed E-state index contributed by atoms with van der Waals surface area (Å²) >= 11 is 0. The lowest BCUT2D eigenvalue weighted by atomic mass is 9.87. The van der Waals surface area contributed by atoms with Crippen molar-refractivity contribution in [3.05, 3.63) is 48.5 Å². The maximum absolute atomic E-state index is 4.81. The van der Waals surface area contributed by atoms with Crippen LogP contribution in [0.5, 0.6) is 0 Å². The molecule has 3 fully saturated rings. The number of piperazine rings is 1. The summed E-state index contributed by atoms with van der Waals surface area (Å²) in [5, 5.41) is 0. The van der Waals surface area contributed by atoms with Crippen molar-refractivity contribution in [3.63, 3.8) is 0 Å². The molecule has 6 nitrogen and oxygen atoms in total. The number of para-hydroxylation sites is 2. The van der Waals surface area contributed by atoms with E-state index < -0.39 is 0 Å². The molecule has 120 valence electrons. The molecule has 2 aromatic heterocycles. The summed E-state index contributed by atoms with van der Waals surface area (Å²) in [6.07, 6.45) is 4.78. The van der Waals surface area contributed by atoms with E-state index in [1.165, 1.54) is 6.42 Å². The van der Waals surface area contributed by atoms with Crippen molar-refractivity contribution in [1.29, 1.82) is 0 Å². The number of aromatic nitrogens is 4. The highest BCUT2D eigenvalue weighted by Crippen LogP contribution is 2.37. The van der Waals surface area contributed by atoms with Gasteiger partial charge in [0, 0.05) is 24.8 Å². The van der Waals surface area contributed by atoms with E-state index in [0.717, 1.165) is 41.5 Å². The fourth-order valence-electron chi connectivity index (χ4n) is 3.86. The first-order valence-electron chi connectivity index (χ1n) is 8.32. The second-order valence-corrected chi connectivity index (χ2v) is 6.59. The summed E-state index contributed by atoms with van der Waals surface area (Å²) in [6, 6.07) is 11.1. The van der Waals surface area contributed by atoms with Crippen molar-refractivity contribution in [3.8, 4) is 0 Å². The topological polar surface area (TPSA) is 58.0 Å². The van der Waals surface area contributed by atoms with Crippen LogP contribution in [0.15, 0.2) is 42.9 Å². The Morgan fingerprint density at radius 1 is 0.958 bits per heavy atom. The Bertz CT molecular complexity index is 899. The van der Waals surface area contributed by atoms with Crippen molar-refractivity contribution in [2.75, 3.05) is 22.9 Å². The number of aryl methyl sites for hydroxylation is 1. The molecule has 3 aliphatic heterocycles. The predicted molar refractivity (Wildman–Crippen MR) is 93.2 cm³/mol. The summed E-state index contributed by atoms with van der Waals surface area (Å²) in [5.41, 5.74) is 2.92. The minimum Gasteiger partial charge on any atom is -0.352 e. The van der Waals surface area contributed by atoms with E-state index in [4.69, 9.17) is 4.98 Å². The first-order chi connectivity index (χ1) is 11.8. The predicted octanol–water partition coefficient (Wildman–Crippen LogP) is 2.20. The van der Waals surface area contributed by atoms with Crippen LogP contribution in [-0.2, 0) is 0 Å². The van der Waals surface area contributed by atoms with Crippen LogP contribution in [0, 0.1) is 6.92 Å². The summed E-state index contributed by atoms with van der Waals surface area (Å²) in [5.74, 6) is 2.02. The molecule has 3 saturated heterocycles. The van der Waals surface area contributed by atoms with Crippen molar-refractivity contribution in [1.82, 2.24) is 19.9 Å². The van der Waals surface area contributed by atoms with Gasteiger partial charge in [0.2, 0.25) is 0 Å². The number of benzene rings is 1. The highest BCUT2D eigenvalue weighted by atomic mass is 15.4. The van der Waals surface area contributed by atoms with Gasteiger partial charge in [-0.05, 0) is 25.5 Å². The zero-order valence-electron chi connectivity index (χ0n) is 13.5. The van der Waals surface area contributed by atoms with Gasteiger partial charge in [0.25, 0.3) is 0 Å². The van der Waals surface area contributed by atoms with Crippen LogP contribution >= 0.6 is 0 Å². The number of nitrogens with zero attached hydrogens (tertiary/aromatic N) is 6. The van der Waals surface area contributed by atoms with Crippen molar-refractivity contribution >= 4 is 22.7 Å². The fourth-order valence-corrected chi connectivity index (χ4v) is 3.86. The third kappa shape index (κ3) is 2.10. The molecule has 2 bridgehead atoms. The number of hydrogen-bond acceptors (Lipinski definition) is 6. The summed E-state index contributed by atoms with van der Waals surface area (Å²) in [6.45, 7) is 3.95. The zero-order chi connectivity index (χ0) is 16.1. The Balaban J connectivity index is 1.40. The number of piperidine rings is 1. The van der Waals surface area contributed by atoms with E-state index in [1.807, 2.05) is 37.4 Å². The van der Waals surface area contributed by atoms with Crippen LogP contribution in [0.25, 0.3) is 11.0 Å². The average Bonchev–Trinajstić information content (AvgIpc) is 2.62. The van der Waals surface area contributed by atoms with Crippen molar-refractivity contribution in [2.45, 2.75) is 25.4 Å². The molecule has 0 N–H and O–H groups in total. The number of anilines is 2. The molecule has 3 aromatic rings. The number of hydrogen-bond donors (Lipinski definition) is 0. The largest absolute Gasteiger partial charge is 0.352 e. The third-order valence-corrected chi connectivity index (χ3v) is 5.01. The van der Waals surface area contributed by atoms with Gasteiger partial charge in [0.05, 0.1) is 29.3 Å². The van der Waals surface area contributed by atoms with E-state index in [2.05, 4.69) is 30.8 Å². The highest BCUT2D eigenvalue weighted by Gasteiger charge is 2.45. The van der Waals surface area contributed by atoms with Gasteiger partial charge in [-0.2, -0.15) is 0 Å². The molecule has 0 saturated carbocycles. The maximum Gasteiger partial charge on any atom is 0.148 e. The minimum absolute atomic E-state index is 0.481. The molecule has 0 radical (unpaired) electrons. The number of fused-ring (bicyclic) bond motifs is 3. The molecule has 3 aliphatic rings. The van der Waals surface area contributed by atoms with Gasteiger partial charge in [-0.25, -0.2) is 15.0 Å². The molecule has 0 amide bonds. The quantitative estimate of drug-likeness (QED) is 0.722. The summed E-state index contributed by atoms with van der Waals surface area (Å²) < 4.78 is 0. The van der Waals surface area contributed by atoms with Crippen molar-refractivity contribution in [2.24, 2.45) is 0 Å². The second kappa shape index (κ2) is 5.12. The Hall–Kier alpha value is -2.76. The number of rotatable bonds is 2. The monoisotopic (exact) mass is 318 g/mol. The molecule has 1 aromatic carbocycles. The molecule has 0 spiro atoms. The standard InChI is InChI=1S/C18H18N6/c1-12-6-17(21-11-20-12)23-9-13-7-14(10-23)24(13)18-8-19-15-4-2-3-5-16(15)22-18/h2-6,8,11,13-14H,7,9-10H2,1H3. The Labute approximate surface area is 140 Å². The summed E-state index contributed by atoms with van der Waals surface area (Å²) in [4.78, 5) is 22.8. The van der Waals surface area contributed by atoms with Crippen LogP contribution in [0.1, 0.15) is 12.1 Å². The molecule has 6 rings (SSSR count). The lowest BCUT2D eigenvalue weighted by Crippen LogP contribution is -2.69. The molecule has 24 heavy (non-hydrogen) atoms. The maximum atomic E-state index is 4.81. The molecular formula is C18H18N6. The second-order valence-electron chi connectivity index (χ2n) is 6.59. The van der Waals surface area contributed by atoms with Gasteiger partial charge >= 0.3 is 0 Å². The minimum atomic E-state index is 0.481. The van der Waals surface area contributed by atoms with Crippen LogP contribution in [-0.4, -0.2) is 45.1 Å². The van der Waals surface area contributed by atoms with Gasteiger partial charge in [-0.1, -0.05) is 12.1 Å². The summed E-state index contributed by atoms with van der Waals surface area (Å²) in [7, 11) is 0. The molecule has 5 heterocycles. The molecule has 6 heteroatoms. The smallest absolute Gasteiger partial charge is 0.148 e. The lowest BCUT2D eigenvalue weighted by molar-refractivity contribution is 0.288. The van der Waals surface area contributed by atoms with E-state index in [0.29, 0.717) is 12.1 Å². The molecular weight excluding hydrogens is 300 g/mol. The SMILES string of the molecule is Cc1cc(N2CC3CC(C2)N3c2cnc3ccccc3n2)ncn1. The van der Waals surface area contributed by atoms with Gasteiger partial charge < -0.3 is 9.80 Å². The fraction of sp³-hybridized carbons (Fsp3) is 0.333. The van der Waals surface area contributed by atoms with E-state index >= 15 is 0 Å². The Morgan fingerprint density at radius 3 is 2.54 bits per heavy atom. The van der Waals surface area contributed by atoms with Gasteiger partial charge in [0.15, 0.2) is 0 Å². The van der Waals surface area contributed by atoms with Gasteiger partial charge in [-0.15, -0.1) is 0 Å².